The van der Waals surface area contributed by atoms with Crippen molar-refractivity contribution in [3.05, 3.63) is 46.3 Å². The van der Waals surface area contributed by atoms with Crippen LogP contribution in [0.1, 0.15) is 13.8 Å². The molecular formula is C13H10F5NS. The summed E-state index contributed by atoms with van der Waals surface area (Å²) >= 11 is 0.662. The van der Waals surface area contributed by atoms with Crippen LogP contribution < -0.4 is 4.90 Å². The third-order valence-electron chi connectivity index (χ3n) is 2.97. The van der Waals surface area contributed by atoms with E-state index in [1.54, 1.807) is 13.8 Å². The number of allylic oxidation sites excluding steroid dienone is 2. The summed E-state index contributed by atoms with van der Waals surface area (Å²) in [6, 6.07) is 0. The van der Waals surface area contributed by atoms with Gasteiger partial charge in [-0.2, -0.15) is 0 Å². The molecule has 1 aliphatic rings. The average Bonchev–Trinajstić information content (AvgIpc) is 2.44. The highest BCUT2D eigenvalue weighted by atomic mass is 32.2. The molecule has 0 radical (unpaired) electrons. The molecule has 0 aliphatic carbocycles. The summed E-state index contributed by atoms with van der Waals surface area (Å²) in [7, 11) is 0. The topological polar surface area (TPSA) is 3.24 Å². The normalized spacial score (nSPS) is 15.2. The Morgan fingerprint density at radius 2 is 1.65 bits per heavy atom. The van der Waals surface area contributed by atoms with Crippen molar-refractivity contribution in [2.24, 2.45) is 0 Å². The van der Waals surface area contributed by atoms with Crippen LogP contribution in [0.3, 0.4) is 0 Å². The third-order valence-corrected chi connectivity index (χ3v) is 4.20. The molecule has 2 rings (SSSR count). The summed E-state index contributed by atoms with van der Waals surface area (Å²) < 4.78 is 66.7. The maximum absolute atomic E-state index is 13.9. The van der Waals surface area contributed by atoms with Crippen molar-refractivity contribution in [3.63, 3.8) is 0 Å². The summed E-state index contributed by atoms with van der Waals surface area (Å²) in [5.74, 6) is -6.64. The van der Waals surface area contributed by atoms with E-state index in [1.807, 2.05) is 0 Å². The van der Waals surface area contributed by atoms with Crippen LogP contribution in [0.2, 0.25) is 0 Å². The lowest BCUT2D eigenvalue weighted by atomic mass is 10.2. The summed E-state index contributed by atoms with van der Waals surface area (Å²) in [6.07, 6.45) is 1.31. The smallest absolute Gasteiger partial charge is 0.199 e. The van der Waals surface area contributed by atoms with Gasteiger partial charge in [0.25, 0.3) is 0 Å². The van der Waals surface area contributed by atoms with Gasteiger partial charge in [0.2, 0.25) is 0 Å². The fourth-order valence-electron chi connectivity index (χ4n) is 2.03. The van der Waals surface area contributed by atoms with Crippen LogP contribution in [0.5, 0.6) is 0 Å². The summed E-state index contributed by atoms with van der Waals surface area (Å²) in [5, 5.41) is 0. The minimum absolute atomic E-state index is 0.199. The van der Waals surface area contributed by atoms with Crippen LogP contribution in [0, 0.1) is 23.3 Å². The molecule has 1 aromatic carbocycles. The maximum Gasteiger partial charge on any atom is 0.199 e. The molecule has 1 aliphatic heterocycles. The third kappa shape index (κ3) is 2.09. The van der Waals surface area contributed by atoms with E-state index in [4.69, 9.17) is 0 Å². The fraction of sp³-hybridized carbons (Fsp3) is 0.231. The molecule has 0 N–H and O–H groups in total. The zero-order valence-electron chi connectivity index (χ0n) is 10.6. The predicted molar refractivity (Wildman–Crippen MR) is 68.1 cm³/mol. The summed E-state index contributed by atoms with van der Waals surface area (Å²) in [4.78, 5) is 1.19. The molecule has 0 aromatic heterocycles. The predicted octanol–water partition coefficient (Wildman–Crippen LogP) is 4.89. The Morgan fingerprint density at radius 3 is 2.20 bits per heavy atom. The van der Waals surface area contributed by atoms with Gasteiger partial charge in [-0.25, -0.2) is 22.0 Å². The molecule has 0 unspecified atom stereocenters. The molecule has 0 spiro atoms. The van der Waals surface area contributed by atoms with Gasteiger partial charge < -0.3 is 4.90 Å². The number of fused-ring (bicyclic) bond motifs is 1. The zero-order chi connectivity index (χ0) is 15.0. The molecular weight excluding hydrogens is 297 g/mol. The van der Waals surface area contributed by atoms with Gasteiger partial charge in [-0.3, -0.25) is 0 Å². The molecule has 1 aromatic rings. The second-order valence-electron chi connectivity index (χ2n) is 4.02. The van der Waals surface area contributed by atoms with E-state index in [0.29, 0.717) is 22.4 Å². The van der Waals surface area contributed by atoms with E-state index in [-0.39, 0.29) is 23.5 Å². The zero-order valence-corrected chi connectivity index (χ0v) is 11.4. The molecule has 0 fully saturated rings. The van der Waals surface area contributed by atoms with Gasteiger partial charge in [-0.1, -0.05) is 11.8 Å². The highest BCUT2D eigenvalue weighted by Gasteiger charge is 2.33. The Balaban J connectivity index is 2.75. The second-order valence-corrected chi connectivity index (χ2v) is 5.07. The molecule has 7 heteroatoms. The van der Waals surface area contributed by atoms with E-state index in [0.717, 1.165) is 6.08 Å². The number of anilines is 1. The van der Waals surface area contributed by atoms with Crippen LogP contribution >= 0.6 is 11.8 Å². The Kier molecular flexibility index (Phi) is 4.08. The van der Waals surface area contributed by atoms with Crippen molar-refractivity contribution in [2.45, 2.75) is 18.7 Å². The molecule has 0 atom stereocenters. The first-order valence-electron chi connectivity index (χ1n) is 5.72. The molecule has 0 amide bonds. The lowest BCUT2D eigenvalue weighted by Gasteiger charge is -2.32. The standard InChI is InChI=1S/C13H10F5NS/c1-3-19-6(2)7(4-5-14)20-13-11(18)9(16)8(15)10(17)12(13)19/h4-5H,3H2,1-2H3/b5-4+. The minimum atomic E-state index is -1.87. The first-order chi connectivity index (χ1) is 9.43. The van der Waals surface area contributed by atoms with Gasteiger partial charge in [0.15, 0.2) is 23.3 Å². The van der Waals surface area contributed by atoms with Crippen molar-refractivity contribution in [3.8, 4) is 0 Å². The lowest BCUT2D eigenvalue weighted by molar-refractivity contribution is 0.399. The number of thioether (sulfide) groups is 1. The quantitative estimate of drug-likeness (QED) is 0.435. The number of halogens is 5. The van der Waals surface area contributed by atoms with Crippen molar-refractivity contribution in [2.75, 3.05) is 11.4 Å². The van der Waals surface area contributed by atoms with Gasteiger partial charge >= 0.3 is 0 Å². The largest absolute Gasteiger partial charge is 0.341 e. The minimum Gasteiger partial charge on any atom is -0.341 e. The first kappa shape index (κ1) is 14.9. The van der Waals surface area contributed by atoms with Crippen molar-refractivity contribution in [1.82, 2.24) is 0 Å². The van der Waals surface area contributed by atoms with E-state index in [2.05, 4.69) is 0 Å². The number of rotatable bonds is 2. The van der Waals surface area contributed by atoms with Crippen LogP contribution in [0.15, 0.2) is 27.9 Å². The van der Waals surface area contributed by atoms with E-state index >= 15 is 0 Å². The molecule has 108 valence electrons. The Labute approximate surface area is 116 Å². The lowest BCUT2D eigenvalue weighted by Crippen LogP contribution is -2.27. The van der Waals surface area contributed by atoms with Crippen LogP contribution in [0.25, 0.3) is 0 Å². The number of hydrogen-bond acceptors (Lipinski definition) is 2. The monoisotopic (exact) mass is 307 g/mol. The van der Waals surface area contributed by atoms with Crippen molar-refractivity contribution < 1.29 is 22.0 Å². The van der Waals surface area contributed by atoms with Gasteiger partial charge in [0.05, 0.1) is 16.9 Å². The summed E-state index contributed by atoms with van der Waals surface area (Å²) in [6.45, 7) is 3.40. The van der Waals surface area contributed by atoms with Crippen LogP contribution in [-0.2, 0) is 0 Å². The van der Waals surface area contributed by atoms with Crippen molar-refractivity contribution >= 4 is 17.4 Å². The highest BCUT2D eigenvalue weighted by molar-refractivity contribution is 8.03. The first-order valence-corrected chi connectivity index (χ1v) is 6.54. The molecule has 1 nitrogen and oxygen atoms in total. The van der Waals surface area contributed by atoms with Gasteiger partial charge in [-0.05, 0) is 19.9 Å². The SMILES string of the molecule is CCN1C(C)=C(/C=C/F)Sc2c(F)c(F)c(F)c(F)c21. The van der Waals surface area contributed by atoms with Gasteiger partial charge in [0, 0.05) is 17.1 Å². The molecule has 20 heavy (non-hydrogen) atoms. The van der Waals surface area contributed by atoms with E-state index in [1.165, 1.54) is 4.90 Å². The van der Waals surface area contributed by atoms with Crippen LogP contribution in [-0.4, -0.2) is 6.54 Å². The van der Waals surface area contributed by atoms with Gasteiger partial charge in [-0.15, -0.1) is 0 Å². The Bertz CT molecular complexity index is 624. The second kappa shape index (κ2) is 5.47. The molecule has 0 bridgehead atoms. The summed E-state index contributed by atoms with van der Waals surface area (Å²) in [5.41, 5.74) is 0.0746. The molecule has 0 saturated carbocycles. The number of hydrogen-bond donors (Lipinski definition) is 0. The highest BCUT2D eigenvalue weighted by Crippen LogP contribution is 2.47. The van der Waals surface area contributed by atoms with Crippen LogP contribution in [0.4, 0.5) is 27.6 Å². The van der Waals surface area contributed by atoms with Crippen molar-refractivity contribution in [1.29, 1.82) is 0 Å². The van der Waals surface area contributed by atoms with Gasteiger partial charge in [0.1, 0.15) is 0 Å². The fourth-order valence-corrected chi connectivity index (χ4v) is 3.10. The molecule has 0 saturated heterocycles. The van der Waals surface area contributed by atoms with E-state index < -0.39 is 23.3 Å². The average molecular weight is 307 g/mol. The maximum atomic E-state index is 13.9. The number of benzene rings is 1. The van der Waals surface area contributed by atoms with E-state index in [9.17, 15) is 22.0 Å². The number of nitrogens with zero attached hydrogens (tertiary/aromatic N) is 1. The molecule has 1 heterocycles. The Morgan fingerprint density at radius 1 is 1.05 bits per heavy atom. The Hall–Kier alpha value is -1.50.